The maximum absolute atomic E-state index is 13.2. The van der Waals surface area contributed by atoms with E-state index in [1.165, 1.54) is 6.07 Å². The zero-order chi connectivity index (χ0) is 10.7. The Labute approximate surface area is 80.4 Å². The Kier molecular flexibility index (Phi) is 2.82. The van der Waals surface area contributed by atoms with Crippen LogP contribution >= 0.6 is 0 Å². The van der Waals surface area contributed by atoms with E-state index in [0.29, 0.717) is 5.56 Å². The first-order valence-corrected chi connectivity index (χ1v) is 3.95. The molecule has 72 valence electrons. The Morgan fingerprint density at radius 1 is 1.64 bits per heavy atom. The lowest BCUT2D eigenvalue weighted by Crippen LogP contribution is -2.05. The van der Waals surface area contributed by atoms with Crippen LogP contribution in [0, 0.1) is 24.1 Å². The molecule has 1 N–H and O–H groups in total. The fourth-order valence-corrected chi connectivity index (χ4v) is 1.21. The highest BCUT2D eigenvalue weighted by molar-refractivity contribution is 5.71. The van der Waals surface area contributed by atoms with Crippen molar-refractivity contribution in [3.63, 3.8) is 0 Å². The molecule has 0 atom stereocenters. The Morgan fingerprint density at radius 2 is 2.29 bits per heavy atom. The summed E-state index contributed by atoms with van der Waals surface area (Å²) in [6.07, 6.45) is -0.358. The number of hydrogen-bond acceptors (Lipinski definition) is 2. The number of carboxylic acid groups (broad SMARTS) is 1. The van der Waals surface area contributed by atoms with Crippen molar-refractivity contribution in [2.45, 2.75) is 13.3 Å². The van der Waals surface area contributed by atoms with Crippen molar-refractivity contribution in [1.29, 1.82) is 5.26 Å². The van der Waals surface area contributed by atoms with Crippen molar-refractivity contribution in [2.24, 2.45) is 0 Å². The molecule has 0 unspecified atom stereocenters. The van der Waals surface area contributed by atoms with Crippen molar-refractivity contribution in [3.05, 3.63) is 34.6 Å². The Morgan fingerprint density at radius 3 is 2.71 bits per heavy atom. The molecule has 0 bridgehead atoms. The van der Waals surface area contributed by atoms with Gasteiger partial charge in [-0.05, 0) is 24.6 Å². The third-order valence-electron chi connectivity index (χ3n) is 1.88. The van der Waals surface area contributed by atoms with E-state index >= 15 is 0 Å². The molecule has 0 amide bonds. The van der Waals surface area contributed by atoms with Crippen LogP contribution in [-0.2, 0) is 11.2 Å². The van der Waals surface area contributed by atoms with Crippen molar-refractivity contribution in [2.75, 3.05) is 0 Å². The number of carboxylic acids is 1. The lowest BCUT2D eigenvalue weighted by Gasteiger charge is -2.04. The molecular weight excluding hydrogens is 185 g/mol. The highest BCUT2D eigenvalue weighted by Gasteiger charge is 2.11. The molecule has 0 spiro atoms. The molecule has 0 heterocycles. The standard InChI is InChI=1S/C10H8FNO2/c1-6-2-7(5-12)3-9(11)8(6)4-10(13)14/h2-3H,4H2,1H3,(H,13,14). The van der Waals surface area contributed by atoms with E-state index in [4.69, 9.17) is 10.4 Å². The minimum atomic E-state index is -1.09. The maximum atomic E-state index is 13.2. The summed E-state index contributed by atoms with van der Waals surface area (Å²) >= 11 is 0. The van der Waals surface area contributed by atoms with Gasteiger partial charge in [0.25, 0.3) is 0 Å². The first-order chi connectivity index (χ1) is 6.54. The number of carbonyl (C=O) groups is 1. The Bertz CT molecular complexity index is 398. The van der Waals surface area contributed by atoms with Crippen molar-refractivity contribution in [1.82, 2.24) is 0 Å². The largest absolute Gasteiger partial charge is 0.481 e. The molecule has 1 aromatic carbocycles. The highest BCUT2D eigenvalue weighted by Crippen LogP contribution is 2.16. The number of benzene rings is 1. The van der Waals surface area contributed by atoms with Gasteiger partial charge in [-0.3, -0.25) is 4.79 Å². The molecule has 0 fully saturated rings. The van der Waals surface area contributed by atoms with Gasteiger partial charge in [-0.25, -0.2) is 4.39 Å². The van der Waals surface area contributed by atoms with E-state index < -0.39 is 11.8 Å². The SMILES string of the molecule is Cc1cc(C#N)cc(F)c1CC(=O)O. The quantitative estimate of drug-likeness (QED) is 0.776. The number of nitriles is 1. The molecule has 0 saturated carbocycles. The topological polar surface area (TPSA) is 61.1 Å². The van der Waals surface area contributed by atoms with E-state index in [1.54, 1.807) is 13.0 Å². The summed E-state index contributed by atoms with van der Waals surface area (Å²) in [5.74, 6) is -1.72. The number of rotatable bonds is 2. The first kappa shape index (κ1) is 10.2. The van der Waals surface area contributed by atoms with E-state index in [1.807, 2.05) is 0 Å². The minimum absolute atomic E-state index is 0.136. The minimum Gasteiger partial charge on any atom is -0.481 e. The van der Waals surface area contributed by atoms with Crippen LogP contribution in [0.5, 0.6) is 0 Å². The summed E-state index contributed by atoms with van der Waals surface area (Å²) in [5, 5.41) is 17.0. The fraction of sp³-hybridized carbons (Fsp3) is 0.200. The van der Waals surface area contributed by atoms with Crippen LogP contribution in [0.3, 0.4) is 0 Å². The van der Waals surface area contributed by atoms with Crippen LogP contribution in [0.4, 0.5) is 4.39 Å². The van der Waals surface area contributed by atoms with Crippen molar-refractivity contribution < 1.29 is 14.3 Å². The van der Waals surface area contributed by atoms with Gasteiger partial charge >= 0.3 is 5.97 Å². The van der Waals surface area contributed by atoms with Gasteiger partial charge in [-0.15, -0.1) is 0 Å². The molecule has 0 aromatic heterocycles. The lowest BCUT2D eigenvalue weighted by atomic mass is 10.0. The van der Waals surface area contributed by atoms with Gasteiger partial charge in [0.15, 0.2) is 0 Å². The van der Waals surface area contributed by atoms with Gasteiger partial charge in [0.05, 0.1) is 18.1 Å². The van der Waals surface area contributed by atoms with Crippen LogP contribution in [0.2, 0.25) is 0 Å². The second-order valence-electron chi connectivity index (χ2n) is 2.94. The maximum Gasteiger partial charge on any atom is 0.307 e. The summed E-state index contributed by atoms with van der Waals surface area (Å²) in [5.41, 5.74) is 0.828. The summed E-state index contributed by atoms with van der Waals surface area (Å²) in [4.78, 5) is 10.4. The molecule has 3 nitrogen and oxygen atoms in total. The zero-order valence-corrected chi connectivity index (χ0v) is 7.54. The van der Waals surface area contributed by atoms with Crippen LogP contribution < -0.4 is 0 Å². The third kappa shape index (κ3) is 2.07. The van der Waals surface area contributed by atoms with Crippen molar-refractivity contribution >= 4 is 5.97 Å². The molecule has 1 rings (SSSR count). The average Bonchev–Trinajstić information content (AvgIpc) is 2.10. The summed E-state index contributed by atoms with van der Waals surface area (Å²) in [7, 11) is 0. The summed E-state index contributed by atoms with van der Waals surface area (Å²) < 4.78 is 13.2. The smallest absolute Gasteiger partial charge is 0.307 e. The summed E-state index contributed by atoms with van der Waals surface area (Å²) in [6.45, 7) is 1.59. The van der Waals surface area contributed by atoms with Gasteiger partial charge in [0.1, 0.15) is 5.82 Å². The molecule has 0 aliphatic carbocycles. The van der Waals surface area contributed by atoms with E-state index in [-0.39, 0.29) is 17.5 Å². The van der Waals surface area contributed by atoms with E-state index in [0.717, 1.165) is 6.07 Å². The van der Waals surface area contributed by atoms with Gasteiger partial charge < -0.3 is 5.11 Å². The number of hydrogen-bond donors (Lipinski definition) is 1. The molecule has 0 aliphatic heterocycles. The molecule has 4 heteroatoms. The van der Waals surface area contributed by atoms with Crippen LogP contribution in [0.15, 0.2) is 12.1 Å². The number of aliphatic carboxylic acids is 1. The van der Waals surface area contributed by atoms with Crippen LogP contribution in [0.25, 0.3) is 0 Å². The second-order valence-corrected chi connectivity index (χ2v) is 2.94. The zero-order valence-electron chi connectivity index (χ0n) is 7.54. The van der Waals surface area contributed by atoms with Gasteiger partial charge in [0, 0.05) is 5.56 Å². The fourth-order valence-electron chi connectivity index (χ4n) is 1.21. The van der Waals surface area contributed by atoms with Gasteiger partial charge in [-0.1, -0.05) is 0 Å². The first-order valence-electron chi connectivity index (χ1n) is 3.95. The number of halogens is 1. The highest BCUT2D eigenvalue weighted by atomic mass is 19.1. The molecular formula is C10H8FNO2. The molecule has 0 saturated heterocycles. The molecule has 14 heavy (non-hydrogen) atoms. The Hall–Kier alpha value is -1.89. The van der Waals surface area contributed by atoms with Crippen LogP contribution in [0.1, 0.15) is 16.7 Å². The molecule has 0 radical (unpaired) electrons. The monoisotopic (exact) mass is 193 g/mol. The lowest BCUT2D eigenvalue weighted by molar-refractivity contribution is -0.136. The molecule has 0 aliphatic rings. The number of aryl methyl sites for hydroxylation is 1. The average molecular weight is 193 g/mol. The normalized spacial score (nSPS) is 9.50. The predicted molar refractivity (Wildman–Crippen MR) is 47.2 cm³/mol. The second kappa shape index (κ2) is 3.88. The summed E-state index contributed by atoms with van der Waals surface area (Å²) in [6, 6.07) is 4.32. The van der Waals surface area contributed by atoms with E-state index in [9.17, 15) is 9.18 Å². The predicted octanol–water partition coefficient (Wildman–Crippen LogP) is 1.63. The van der Waals surface area contributed by atoms with Crippen LogP contribution in [-0.4, -0.2) is 11.1 Å². The third-order valence-corrected chi connectivity index (χ3v) is 1.88. The van der Waals surface area contributed by atoms with E-state index in [2.05, 4.69) is 0 Å². The van der Waals surface area contributed by atoms with Gasteiger partial charge in [0.2, 0.25) is 0 Å². The van der Waals surface area contributed by atoms with Crippen molar-refractivity contribution in [3.8, 4) is 6.07 Å². The molecule has 1 aromatic rings. The van der Waals surface area contributed by atoms with Gasteiger partial charge in [-0.2, -0.15) is 5.26 Å². The number of nitrogens with zero attached hydrogens (tertiary/aromatic N) is 1. The Balaban J connectivity index is 3.19.